The van der Waals surface area contributed by atoms with E-state index in [0.717, 1.165) is 43.5 Å². The quantitative estimate of drug-likeness (QED) is 0.695. The Morgan fingerprint density at radius 3 is 2.81 bits per heavy atom. The number of amides is 1. The number of benzene rings is 1. The SMILES string of the molecule is Cc1noc(CC2CCN(C(=O)c3cccc(Cn4cccn4)c3)CC2)n1. The van der Waals surface area contributed by atoms with Crippen LogP contribution in [0, 0.1) is 12.8 Å². The number of carbonyl (C=O) groups excluding carboxylic acids is 1. The van der Waals surface area contributed by atoms with Gasteiger partial charge in [0.2, 0.25) is 5.89 Å². The van der Waals surface area contributed by atoms with Crippen molar-refractivity contribution in [3.05, 3.63) is 65.6 Å². The lowest BCUT2D eigenvalue weighted by Crippen LogP contribution is -2.39. The summed E-state index contributed by atoms with van der Waals surface area (Å²) >= 11 is 0. The van der Waals surface area contributed by atoms with Gasteiger partial charge in [0.15, 0.2) is 5.82 Å². The smallest absolute Gasteiger partial charge is 0.253 e. The van der Waals surface area contributed by atoms with Crippen LogP contribution in [-0.2, 0) is 13.0 Å². The number of likely N-dealkylation sites (tertiary alicyclic amines) is 1. The second kappa shape index (κ2) is 7.73. The summed E-state index contributed by atoms with van der Waals surface area (Å²) in [5, 5.41) is 8.07. The van der Waals surface area contributed by atoms with E-state index in [-0.39, 0.29) is 5.91 Å². The minimum atomic E-state index is 0.101. The van der Waals surface area contributed by atoms with Crippen LogP contribution in [0.25, 0.3) is 0 Å². The molecular formula is C20H23N5O2. The van der Waals surface area contributed by atoms with Crippen molar-refractivity contribution in [1.82, 2.24) is 24.8 Å². The molecule has 0 spiro atoms. The maximum absolute atomic E-state index is 12.9. The van der Waals surface area contributed by atoms with Crippen LogP contribution in [0.15, 0.2) is 47.2 Å². The van der Waals surface area contributed by atoms with E-state index >= 15 is 0 Å². The Bertz CT molecular complexity index is 895. The van der Waals surface area contributed by atoms with Gasteiger partial charge >= 0.3 is 0 Å². The number of hydrogen-bond donors (Lipinski definition) is 0. The van der Waals surface area contributed by atoms with Gasteiger partial charge in [0.25, 0.3) is 5.91 Å². The highest BCUT2D eigenvalue weighted by Crippen LogP contribution is 2.22. The van der Waals surface area contributed by atoms with E-state index in [1.807, 2.05) is 53.0 Å². The van der Waals surface area contributed by atoms with Crippen molar-refractivity contribution in [3.63, 3.8) is 0 Å². The Hall–Kier alpha value is -2.96. The Kier molecular flexibility index (Phi) is 5.00. The molecule has 0 atom stereocenters. The Balaban J connectivity index is 1.35. The molecule has 2 aromatic heterocycles. The summed E-state index contributed by atoms with van der Waals surface area (Å²) in [6, 6.07) is 9.72. The van der Waals surface area contributed by atoms with Crippen molar-refractivity contribution in [2.24, 2.45) is 5.92 Å². The van der Waals surface area contributed by atoms with Gasteiger partial charge in [-0.1, -0.05) is 17.3 Å². The van der Waals surface area contributed by atoms with Crippen molar-refractivity contribution in [2.75, 3.05) is 13.1 Å². The molecule has 3 aromatic rings. The summed E-state index contributed by atoms with van der Waals surface area (Å²) in [6.45, 7) is 4.02. The van der Waals surface area contributed by atoms with Gasteiger partial charge in [0.1, 0.15) is 0 Å². The van der Waals surface area contributed by atoms with Crippen molar-refractivity contribution in [2.45, 2.75) is 32.7 Å². The molecule has 7 heteroatoms. The van der Waals surface area contributed by atoms with E-state index < -0.39 is 0 Å². The summed E-state index contributed by atoms with van der Waals surface area (Å²) in [4.78, 5) is 19.1. The van der Waals surface area contributed by atoms with Crippen LogP contribution >= 0.6 is 0 Å². The largest absolute Gasteiger partial charge is 0.339 e. The lowest BCUT2D eigenvalue weighted by Gasteiger charge is -2.31. The Labute approximate surface area is 158 Å². The van der Waals surface area contributed by atoms with E-state index in [1.54, 1.807) is 6.20 Å². The first-order valence-corrected chi connectivity index (χ1v) is 9.32. The van der Waals surface area contributed by atoms with Crippen LogP contribution in [0.2, 0.25) is 0 Å². The Morgan fingerprint density at radius 2 is 2.11 bits per heavy atom. The number of piperidine rings is 1. The molecule has 4 rings (SSSR count). The molecule has 1 aliphatic heterocycles. The molecular weight excluding hydrogens is 342 g/mol. The number of hydrogen-bond acceptors (Lipinski definition) is 5. The van der Waals surface area contributed by atoms with Crippen LogP contribution < -0.4 is 0 Å². The fraction of sp³-hybridized carbons (Fsp3) is 0.400. The molecule has 0 bridgehead atoms. The standard InChI is InChI=1S/C20H23N5O2/c1-15-22-19(27-23-15)13-16-6-10-24(11-7-16)20(26)18-5-2-4-17(12-18)14-25-9-3-8-21-25/h2-5,8-9,12,16H,6-7,10-11,13-14H2,1H3. The van der Waals surface area contributed by atoms with Crippen molar-refractivity contribution in [1.29, 1.82) is 0 Å². The third-order valence-electron chi connectivity index (χ3n) is 5.01. The zero-order chi connectivity index (χ0) is 18.6. The van der Waals surface area contributed by atoms with Crippen LogP contribution in [-0.4, -0.2) is 43.8 Å². The summed E-state index contributed by atoms with van der Waals surface area (Å²) < 4.78 is 7.07. The van der Waals surface area contributed by atoms with E-state index in [0.29, 0.717) is 24.2 Å². The second-order valence-electron chi connectivity index (χ2n) is 7.08. The fourth-order valence-electron chi connectivity index (χ4n) is 3.58. The first-order valence-electron chi connectivity index (χ1n) is 9.32. The van der Waals surface area contributed by atoms with Gasteiger partial charge in [-0.2, -0.15) is 10.1 Å². The molecule has 1 aliphatic rings. The minimum absolute atomic E-state index is 0.101. The average molecular weight is 365 g/mol. The van der Waals surface area contributed by atoms with Crippen molar-refractivity contribution >= 4 is 5.91 Å². The molecule has 7 nitrogen and oxygen atoms in total. The lowest BCUT2D eigenvalue weighted by molar-refractivity contribution is 0.0687. The number of aryl methyl sites for hydroxylation is 1. The third kappa shape index (κ3) is 4.24. The first kappa shape index (κ1) is 17.5. The van der Waals surface area contributed by atoms with Gasteiger partial charge < -0.3 is 9.42 Å². The van der Waals surface area contributed by atoms with E-state index in [9.17, 15) is 4.79 Å². The molecule has 1 aromatic carbocycles. The summed E-state index contributed by atoms with van der Waals surface area (Å²) in [5.41, 5.74) is 1.82. The van der Waals surface area contributed by atoms with Crippen LogP contribution in [0.4, 0.5) is 0 Å². The number of nitrogens with zero attached hydrogens (tertiary/aromatic N) is 5. The summed E-state index contributed by atoms with van der Waals surface area (Å²) in [6.07, 6.45) is 6.39. The van der Waals surface area contributed by atoms with E-state index in [4.69, 9.17) is 4.52 Å². The monoisotopic (exact) mass is 365 g/mol. The fourth-order valence-corrected chi connectivity index (χ4v) is 3.58. The van der Waals surface area contributed by atoms with Gasteiger partial charge in [-0.25, -0.2) is 0 Å². The van der Waals surface area contributed by atoms with Gasteiger partial charge in [-0.3, -0.25) is 9.48 Å². The van der Waals surface area contributed by atoms with Gasteiger partial charge in [-0.15, -0.1) is 0 Å². The summed E-state index contributed by atoms with van der Waals surface area (Å²) in [7, 11) is 0. The van der Waals surface area contributed by atoms with Crippen molar-refractivity contribution in [3.8, 4) is 0 Å². The maximum atomic E-state index is 12.9. The van der Waals surface area contributed by atoms with Crippen LogP contribution in [0.5, 0.6) is 0 Å². The third-order valence-corrected chi connectivity index (χ3v) is 5.01. The van der Waals surface area contributed by atoms with Crippen LogP contribution in [0.1, 0.15) is 40.5 Å². The predicted octanol–water partition coefficient (Wildman–Crippen LogP) is 2.72. The van der Waals surface area contributed by atoms with Crippen LogP contribution in [0.3, 0.4) is 0 Å². The number of carbonyl (C=O) groups is 1. The number of aromatic nitrogens is 4. The molecule has 1 saturated heterocycles. The highest BCUT2D eigenvalue weighted by molar-refractivity contribution is 5.94. The highest BCUT2D eigenvalue weighted by Gasteiger charge is 2.25. The normalized spacial score (nSPS) is 15.2. The second-order valence-corrected chi connectivity index (χ2v) is 7.08. The van der Waals surface area contributed by atoms with E-state index in [1.165, 1.54) is 0 Å². The maximum Gasteiger partial charge on any atom is 0.253 e. The number of rotatable bonds is 5. The molecule has 1 amide bonds. The summed E-state index contributed by atoms with van der Waals surface area (Å²) in [5.74, 6) is 1.96. The molecule has 1 fully saturated rings. The predicted molar refractivity (Wildman–Crippen MR) is 99.1 cm³/mol. The van der Waals surface area contributed by atoms with Gasteiger partial charge in [0.05, 0.1) is 6.54 Å². The molecule has 140 valence electrons. The average Bonchev–Trinajstić information content (AvgIpc) is 3.34. The van der Waals surface area contributed by atoms with Gasteiger partial charge in [-0.05, 0) is 49.4 Å². The lowest BCUT2D eigenvalue weighted by atomic mass is 9.93. The molecule has 0 saturated carbocycles. The molecule has 0 unspecified atom stereocenters. The van der Waals surface area contributed by atoms with Gasteiger partial charge in [0, 0.05) is 37.5 Å². The minimum Gasteiger partial charge on any atom is -0.339 e. The zero-order valence-electron chi connectivity index (χ0n) is 15.4. The Morgan fingerprint density at radius 1 is 1.26 bits per heavy atom. The first-order chi connectivity index (χ1) is 13.2. The molecule has 0 N–H and O–H groups in total. The molecule has 0 aliphatic carbocycles. The van der Waals surface area contributed by atoms with E-state index in [2.05, 4.69) is 15.2 Å². The topological polar surface area (TPSA) is 77.0 Å². The molecule has 27 heavy (non-hydrogen) atoms. The highest BCUT2D eigenvalue weighted by atomic mass is 16.5. The molecule has 0 radical (unpaired) electrons. The molecule has 3 heterocycles. The zero-order valence-corrected chi connectivity index (χ0v) is 15.4. The van der Waals surface area contributed by atoms with Crippen molar-refractivity contribution < 1.29 is 9.32 Å².